The summed E-state index contributed by atoms with van der Waals surface area (Å²) in [5, 5.41) is 0. The van der Waals surface area contributed by atoms with E-state index in [4.69, 9.17) is 4.74 Å². The number of aromatic nitrogens is 1. The molecule has 1 amide bonds. The van der Waals surface area contributed by atoms with Gasteiger partial charge >= 0.3 is 0 Å². The van der Waals surface area contributed by atoms with Crippen LogP contribution in [0, 0.1) is 6.92 Å². The minimum absolute atomic E-state index is 0.294. The van der Waals surface area contributed by atoms with E-state index in [0.717, 1.165) is 10.2 Å². The lowest BCUT2D eigenvalue weighted by molar-refractivity contribution is 0.0995. The molecule has 0 spiro atoms. The van der Waals surface area contributed by atoms with Crippen LogP contribution in [0.15, 0.2) is 47.5 Å². The van der Waals surface area contributed by atoms with Gasteiger partial charge in [0.1, 0.15) is 5.75 Å². The summed E-state index contributed by atoms with van der Waals surface area (Å²) >= 11 is 1.51. The van der Waals surface area contributed by atoms with Crippen molar-refractivity contribution in [1.29, 1.82) is 0 Å². The predicted octanol–water partition coefficient (Wildman–Crippen LogP) is 3.30. The lowest BCUT2D eigenvalue weighted by atomic mass is 10.2. The van der Waals surface area contributed by atoms with E-state index >= 15 is 0 Å². The molecule has 0 unspecified atom stereocenters. The molecule has 0 aliphatic carbocycles. The van der Waals surface area contributed by atoms with E-state index < -0.39 is 0 Å². The predicted molar refractivity (Wildman–Crippen MR) is 88.4 cm³/mol. The molecule has 0 bridgehead atoms. The highest BCUT2D eigenvalue weighted by Gasteiger charge is 2.12. The molecular weight excluding hydrogens is 296 g/mol. The van der Waals surface area contributed by atoms with Crippen LogP contribution in [-0.4, -0.2) is 17.6 Å². The molecule has 112 valence electrons. The van der Waals surface area contributed by atoms with Crippen LogP contribution in [0.1, 0.15) is 15.9 Å². The maximum atomic E-state index is 12.5. The van der Waals surface area contributed by atoms with Crippen molar-refractivity contribution in [3.8, 4) is 5.75 Å². The zero-order valence-corrected chi connectivity index (χ0v) is 13.5. The number of hydrogen-bond acceptors (Lipinski definition) is 3. The molecule has 2 aromatic carbocycles. The molecule has 0 saturated carbocycles. The minimum Gasteiger partial charge on any atom is -0.496 e. The quantitative estimate of drug-likeness (QED) is 0.729. The molecule has 3 rings (SSSR count). The van der Waals surface area contributed by atoms with Crippen LogP contribution in [0.5, 0.6) is 5.75 Å². The van der Waals surface area contributed by atoms with E-state index in [1.54, 1.807) is 25.3 Å². The summed E-state index contributed by atoms with van der Waals surface area (Å²) in [6.45, 7) is 2.06. The van der Waals surface area contributed by atoms with Gasteiger partial charge in [-0.2, -0.15) is 4.99 Å². The van der Waals surface area contributed by atoms with E-state index in [1.807, 2.05) is 29.8 Å². The van der Waals surface area contributed by atoms with Gasteiger partial charge in [0.15, 0.2) is 4.80 Å². The van der Waals surface area contributed by atoms with Gasteiger partial charge in [-0.25, -0.2) is 0 Å². The maximum absolute atomic E-state index is 12.5. The van der Waals surface area contributed by atoms with E-state index in [-0.39, 0.29) is 5.91 Å². The first-order chi connectivity index (χ1) is 10.6. The largest absolute Gasteiger partial charge is 0.496 e. The van der Waals surface area contributed by atoms with Crippen LogP contribution >= 0.6 is 11.3 Å². The van der Waals surface area contributed by atoms with E-state index in [2.05, 4.69) is 18.0 Å². The normalized spacial score (nSPS) is 11.9. The number of benzene rings is 2. The number of hydrogen-bond donors (Lipinski definition) is 0. The molecule has 0 atom stereocenters. The molecular formula is C17H16N2O2S. The number of thiazole rings is 1. The Bertz CT molecular complexity index is 922. The van der Waals surface area contributed by atoms with Crippen molar-refractivity contribution in [1.82, 2.24) is 4.57 Å². The molecule has 4 nitrogen and oxygen atoms in total. The topological polar surface area (TPSA) is 43.6 Å². The number of para-hydroxylation sites is 2. The Hall–Kier alpha value is -2.40. The van der Waals surface area contributed by atoms with Crippen LogP contribution < -0.4 is 9.54 Å². The zero-order valence-electron chi connectivity index (χ0n) is 12.7. The molecule has 0 aliphatic heterocycles. The highest BCUT2D eigenvalue weighted by Crippen LogP contribution is 2.21. The summed E-state index contributed by atoms with van der Waals surface area (Å²) in [6, 6.07) is 13.2. The van der Waals surface area contributed by atoms with Crippen molar-refractivity contribution in [2.45, 2.75) is 6.92 Å². The Morgan fingerprint density at radius 2 is 1.95 bits per heavy atom. The monoisotopic (exact) mass is 312 g/mol. The van der Waals surface area contributed by atoms with Crippen molar-refractivity contribution in [2.24, 2.45) is 12.0 Å². The van der Waals surface area contributed by atoms with Crippen LogP contribution in [0.2, 0.25) is 0 Å². The average Bonchev–Trinajstić information content (AvgIpc) is 2.84. The van der Waals surface area contributed by atoms with Gasteiger partial charge in [0.05, 0.1) is 22.9 Å². The number of nitrogens with zero attached hydrogens (tertiary/aromatic N) is 2. The fourth-order valence-electron chi connectivity index (χ4n) is 2.47. The lowest BCUT2D eigenvalue weighted by Gasteiger charge is -2.03. The molecule has 0 radical (unpaired) electrons. The van der Waals surface area contributed by atoms with E-state index in [9.17, 15) is 4.79 Å². The Morgan fingerprint density at radius 3 is 2.68 bits per heavy atom. The Morgan fingerprint density at radius 1 is 1.18 bits per heavy atom. The molecule has 0 aliphatic rings. The molecule has 1 aromatic heterocycles. The summed E-state index contributed by atoms with van der Waals surface area (Å²) in [5.41, 5.74) is 2.75. The van der Waals surface area contributed by atoms with Gasteiger partial charge in [-0.3, -0.25) is 4.79 Å². The second kappa shape index (κ2) is 5.77. The summed E-state index contributed by atoms with van der Waals surface area (Å²) in [7, 11) is 3.48. The smallest absolute Gasteiger partial charge is 0.283 e. The zero-order chi connectivity index (χ0) is 15.7. The van der Waals surface area contributed by atoms with Gasteiger partial charge in [0.2, 0.25) is 0 Å². The number of methoxy groups -OCH3 is 1. The standard InChI is InChI=1S/C17H16N2O2S/c1-11-7-6-10-14-15(11)19(2)17(22-14)18-16(20)12-8-4-5-9-13(12)21-3/h4-10H,1-3H3. The molecule has 22 heavy (non-hydrogen) atoms. The minimum atomic E-state index is -0.294. The molecule has 0 N–H and O–H groups in total. The fourth-order valence-corrected chi connectivity index (χ4v) is 3.57. The highest BCUT2D eigenvalue weighted by molar-refractivity contribution is 7.16. The van der Waals surface area contributed by atoms with Crippen LogP contribution in [0.3, 0.4) is 0 Å². The SMILES string of the molecule is COc1ccccc1C(=O)N=c1sc2cccc(C)c2n1C. The summed E-state index contributed by atoms with van der Waals surface area (Å²) < 4.78 is 8.31. The lowest BCUT2D eigenvalue weighted by Crippen LogP contribution is -2.14. The van der Waals surface area contributed by atoms with Crippen molar-refractivity contribution in [3.05, 3.63) is 58.4 Å². The van der Waals surface area contributed by atoms with Gasteiger partial charge < -0.3 is 9.30 Å². The first kappa shape index (κ1) is 14.5. The van der Waals surface area contributed by atoms with Crippen molar-refractivity contribution in [2.75, 3.05) is 7.11 Å². The van der Waals surface area contributed by atoms with Crippen molar-refractivity contribution in [3.63, 3.8) is 0 Å². The Labute approximate surface area is 132 Å². The molecule has 5 heteroatoms. The van der Waals surface area contributed by atoms with Gasteiger partial charge in [-0.15, -0.1) is 0 Å². The summed E-state index contributed by atoms with van der Waals surface area (Å²) in [4.78, 5) is 17.4. The Kier molecular flexibility index (Phi) is 3.81. The first-order valence-electron chi connectivity index (χ1n) is 6.89. The van der Waals surface area contributed by atoms with Crippen molar-refractivity contribution < 1.29 is 9.53 Å². The molecule has 0 saturated heterocycles. The third-order valence-corrected chi connectivity index (χ3v) is 4.66. The molecule has 3 aromatic rings. The second-order valence-corrected chi connectivity index (χ2v) is 5.99. The fraction of sp³-hybridized carbons (Fsp3) is 0.176. The Balaban J connectivity index is 2.15. The van der Waals surface area contributed by atoms with Gasteiger partial charge in [-0.1, -0.05) is 35.6 Å². The number of fused-ring (bicyclic) bond motifs is 1. The number of carbonyl (C=O) groups is 1. The average molecular weight is 312 g/mol. The van der Waals surface area contributed by atoms with Gasteiger partial charge in [-0.05, 0) is 30.7 Å². The third-order valence-electron chi connectivity index (χ3n) is 3.56. The van der Waals surface area contributed by atoms with Crippen LogP contribution in [-0.2, 0) is 7.05 Å². The van der Waals surface area contributed by atoms with Gasteiger partial charge in [0, 0.05) is 7.05 Å². The number of amides is 1. The number of rotatable bonds is 2. The maximum Gasteiger partial charge on any atom is 0.283 e. The highest BCUT2D eigenvalue weighted by atomic mass is 32.1. The van der Waals surface area contributed by atoms with E-state index in [0.29, 0.717) is 16.1 Å². The van der Waals surface area contributed by atoms with Crippen molar-refractivity contribution >= 4 is 27.5 Å². The van der Waals surface area contributed by atoms with Crippen LogP contribution in [0.25, 0.3) is 10.2 Å². The number of carbonyl (C=O) groups excluding carboxylic acids is 1. The number of ether oxygens (including phenoxy) is 1. The number of aryl methyl sites for hydroxylation is 2. The summed E-state index contributed by atoms with van der Waals surface area (Å²) in [5.74, 6) is 0.244. The van der Waals surface area contributed by atoms with E-state index in [1.165, 1.54) is 16.9 Å². The second-order valence-electron chi connectivity index (χ2n) is 4.98. The first-order valence-corrected chi connectivity index (χ1v) is 7.70. The summed E-state index contributed by atoms with van der Waals surface area (Å²) in [6.07, 6.45) is 0. The molecule has 0 fully saturated rings. The molecule has 1 heterocycles. The van der Waals surface area contributed by atoms with Gasteiger partial charge in [0.25, 0.3) is 5.91 Å². The third kappa shape index (κ3) is 2.44. The van der Waals surface area contributed by atoms with Crippen LogP contribution in [0.4, 0.5) is 0 Å².